The first kappa shape index (κ1) is 11.9. The molecule has 0 saturated carbocycles. The number of hydrogen-bond donors (Lipinski definition) is 1. The number of pyridine rings is 1. The molecule has 0 aromatic carbocycles. The predicted molar refractivity (Wildman–Crippen MR) is 77.0 cm³/mol. The van der Waals surface area contributed by atoms with Crippen molar-refractivity contribution >= 4 is 27.3 Å². The van der Waals surface area contributed by atoms with Crippen LogP contribution >= 0.6 is 11.3 Å². The quantitative estimate of drug-likeness (QED) is 0.796. The van der Waals surface area contributed by atoms with Crippen molar-refractivity contribution in [2.24, 2.45) is 0 Å². The largest absolute Gasteiger partial charge is 0.352 e. The highest BCUT2D eigenvalue weighted by atomic mass is 32.1. The second-order valence-corrected chi connectivity index (χ2v) is 5.15. The fraction of sp³-hybridized carbons (Fsp3) is 0.143. The topological polar surface area (TPSA) is 46.9 Å². The summed E-state index contributed by atoms with van der Waals surface area (Å²) in [6, 6.07) is 5.85. The van der Waals surface area contributed by atoms with Crippen molar-refractivity contribution in [1.29, 1.82) is 0 Å². The zero-order chi connectivity index (χ0) is 13.2. The summed E-state index contributed by atoms with van der Waals surface area (Å²) in [4.78, 5) is 17.0. The van der Waals surface area contributed by atoms with Gasteiger partial charge in [0.2, 0.25) is 0 Å². The van der Waals surface area contributed by atoms with Gasteiger partial charge in [-0.2, -0.15) is 0 Å². The Kier molecular flexibility index (Phi) is 3.05. The second-order valence-electron chi connectivity index (χ2n) is 4.10. The summed E-state index contributed by atoms with van der Waals surface area (Å²) in [5, 5.41) is 3.92. The number of carbonyl (C=O) groups is 1. The first-order valence-corrected chi connectivity index (χ1v) is 6.91. The molecule has 0 atom stereocenters. The number of thiophene rings is 1. The van der Waals surface area contributed by atoms with Crippen molar-refractivity contribution in [2.45, 2.75) is 6.92 Å². The smallest absolute Gasteiger partial charge is 0.263 e. The fourth-order valence-corrected chi connectivity index (χ4v) is 3.16. The Morgan fingerprint density at radius 1 is 1.42 bits per heavy atom. The van der Waals surface area contributed by atoms with E-state index in [2.05, 4.69) is 10.3 Å². The summed E-state index contributed by atoms with van der Waals surface area (Å²) >= 11 is 1.47. The number of carbonyl (C=O) groups excluding carboxylic acids is 1. The average Bonchev–Trinajstić information content (AvgIpc) is 3.05. The van der Waals surface area contributed by atoms with E-state index in [-0.39, 0.29) is 5.91 Å². The standard InChI is InChI=1S/C14H13N3OS/c1-2-16-14(18)13-12(17-7-3-4-8-17)10-5-6-15-9-11(10)19-13/h3-9H,2H2,1H3,(H,16,18). The van der Waals surface area contributed by atoms with Crippen molar-refractivity contribution in [1.82, 2.24) is 14.9 Å². The van der Waals surface area contributed by atoms with Crippen LogP contribution in [0.4, 0.5) is 0 Å². The number of nitrogens with one attached hydrogen (secondary N) is 1. The van der Waals surface area contributed by atoms with Crippen molar-refractivity contribution < 1.29 is 4.79 Å². The molecule has 0 aliphatic carbocycles. The molecule has 3 rings (SSSR count). The van der Waals surface area contributed by atoms with Gasteiger partial charge in [-0.05, 0) is 25.1 Å². The van der Waals surface area contributed by atoms with Crippen LogP contribution in [0.3, 0.4) is 0 Å². The maximum Gasteiger partial charge on any atom is 0.263 e. The van der Waals surface area contributed by atoms with E-state index in [1.807, 2.05) is 42.1 Å². The summed E-state index contributed by atoms with van der Waals surface area (Å²) in [7, 11) is 0. The Balaban J connectivity index is 2.26. The monoisotopic (exact) mass is 271 g/mol. The zero-order valence-corrected chi connectivity index (χ0v) is 11.3. The number of amides is 1. The van der Waals surface area contributed by atoms with Crippen LogP contribution in [-0.2, 0) is 0 Å². The third kappa shape index (κ3) is 2.02. The SMILES string of the molecule is CCNC(=O)c1sc2cnccc2c1-n1cccc1. The van der Waals surface area contributed by atoms with Crippen molar-refractivity contribution in [2.75, 3.05) is 6.54 Å². The number of rotatable bonds is 3. The minimum atomic E-state index is -0.0348. The normalized spacial score (nSPS) is 10.8. The van der Waals surface area contributed by atoms with Gasteiger partial charge in [-0.3, -0.25) is 9.78 Å². The van der Waals surface area contributed by atoms with Gasteiger partial charge >= 0.3 is 0 Å². The van der Waals surface area contributed by atoms with Gasteiger partial charge in [0.1, 0.15) is 4.88 Å². The number of fused-ring (bicyclic) bond motifs is 1. The number of nitrogens with zero attached hydrogens (tertiary/aromatic N) is 2. The lowest BCUT2D eigenvalue weighted by molar-refractivity contribution is 0.0960. The molecule has 3 aromatic heterocycles. The molecular formula is C14H13N3OS. The Labute approximate surface area is 114 Å². The van der Waals surface area contributed by atoms with Crippen molar-refractivity contribution in [3.8, 4) is 5.69 Å². The van der Waals surface area contributed by atoms with Gasteiger partial charge in [-0.1, -0.05) is 0 Å². The van der Waals surface area contributed by atoms with Crippen LogP contribution < -0.4 is 5.32 Å². The van der Waals surface area contributed by atoms with E-state index in [0.29, 0.717) is 6.54 Å². The second kappa shape index (κ2) is 4.85. The lowest BCUT2D eigenvalue weighted by Gasteiger charge is -2.06. The van der Waals surface area contributed by atoms with Gasteiger partial charge in [0.15, 0.2) is 0 Å². The first-order chi connectivity index (χ1) is 9.31. The van der Waals surface area contributed by atoms with Crippen LogP contribution in [0.1, 0.15) is 16.6 Å². The van der Waals surface area contributed by atoms with E-state index >= 15 is 0 Å². The van der Waals surface area contributed by atoms with Crippen molar-refractivity contribution in [3.05, 3.63) is 47.9 Å². The third-order valence-corrected chi connectivity index (χ3v) is 4.00. The van der Waals surface area contributed by atoms with E-state index in [9.17, 15) is 4.79 Å². The number of aromatic nitrogens is 2. The van der Waals surface area contributed by atoms with E-state index in [0.717, 1.165) is 20.7 Å². The minimum absolute atomic E-state index is 0.0348. The fourth-order valence-electron chi connectivity index (χ4n) is 2.07. The van der Waals surface area contributed by atoms with E-state index in [1.165, 1.54) is 11.3 Å². The first-order valence-electron chi connectivity index (χ1n) is 6.09. The average molecular weight is 271 g/mol. The molecule has 3 heterocycles. The van der Waals surface area contributed by atoms with Crippen LogP contribution in [0.25, 0.3) is 15.8 Å². The van der Waals surface area contributed by atoms with Crippen LogP contribution in [0.5, 0.6) is 0 Å². The van der Waals surface area contributed by atoms with E-state index in [1.54, 1.807) is 12.4 Å². The molecule has 19 heavy (non-hydrogen) atoms. The van der Waals surface area contributed by atoms with Gasteiger partial charge in [0, 0.05) is 36.7 Å². The zero-order valence-electron chi connectivity index (χ0n) is 10.5. The number of hydrogen-bond acceptors (Lipinski definition) is 3. The molecule has 1 N–H and O–H groups in total. The van der Waals surface area contributed by atoms with E-state index in [4.69, 9.17) is 0 Å². The highest BCUT2D eigenvalue weighted by Gasteiger charge is 2.18. The van der Waals surface area contributed by atoms with Gasteiger partial charge in [0.05, 0.1) is 10.4 Å². The van der Waals surface area contributed by atoms with Crippen LogP contribution in [0.15, 0.2) is 43.0 Å². The highest BCUT2D eigenvalue weighted by Crippen LogP contribution is 2.33. The van der Waals surface area contributed by atoms with Gasteiger partial charge in [-0.15, -0.1) is 11.3 Å². The van der Waals surface area contributed by atoms with Crippen LogP contribution in [0, 0.1) is 0 Å². The van der Waals surface area contributed by atoms with Crippen molar-refractivity contribution in [3.63, 3.8) is 0 Å². The molecule has 0 bridgehead atoms. The molecule has 1 amide bonds. The molecule has 0 aliphatic heterocycles. The van der Waals surface area contributed by atoms with Gasteiger partial charge < -0.3 is 9.88 Å². The van der Waals surface area contributed by atoms with Gasteiger partial charge in [0.25, 0.3) is 5.91 Å². The molecule has 5 heteroatoms. The summed E-state index contributed by atoms with van der Waals surface area (Å²) in [6.45, 7) is 2.54. The van der Waals surface area contributed by atoms with E-state index < -0.39 is 0 Å². The lowest BCUT2D eigenvalue weighted by Crippen LogP contribution is -2.22. The molecular weight excluding hydrogens is 258 g/mol. The molecule has 0 fully saturated rings. The highest BCUT2D eigenvalue weighted by molar-refractivity contribution is 7.21. The summed E-state index contributed by atoms with van der Waals surface area (Å²) in [6.07, 6.45) is 7.45. The Bertz CT molecular complexity index is 715. The molecule has 0 aliphatic rings. The maximum absolute atomic E-state index is 12.2. The summed E-state index contributed by atoms with van der Waals surface area (Å²) < 4.78 is 3.00. The minimum Gasteiger partial charge on any atom is -0.352 e. The van der Waals surface area contributed by atoms with Crippen LogP contribution in [-0.4, -0.2) is 22.0 Å². The Hall–Kier alpha value is -2.14. The third-order valence-electron chi connectivity index (χ3n) is 2.87. The van der Waals surface area contributed by atoms with Crippen LogP contribution in [0.2, 0.25) is 0 Å². The molecule has 4 nitrogen and oxygen atoms in total. The Morgan fingerprint density at radius 2 is 2.21 bits per heavy atom. The molecule has 96 valence electrons. The molecule has 0 saturated heterocycles. The lowest BCUT2D eigenvalue weighted by atomic mass is 10.2. The molecule has 0 spiro atoms. The summed E-state index contributed by atoms with van der Waals surface area (Å²) in [5.74, 6) is -0.0348. The van der Waals surface area contributed by atoms with Gasteiger partial charge in [-0.25, -0.2) is 0 Å². The Morgan fingerprint density at radius 3 is 2.95 bits per heavy atom. The molecule has 0 unspecified atom stereocenters. The maximum atomic E-state index is 12.2. The molecule has 0 radical (unpaired) electrons. The predicted octanol–water partition coefficient (Wildman–Crippen LogP) is 2.84. The summed E-state index contributed by atoms with van der Waals surface area (Å²) in [5.41, 5.74) is 0.929. The molecule has 3 aromatic rings.